The minimum absolute atomic E-state index is 0.00521. The van der Waals surface area contributed by atoms with Crippen molar-refractivity contribution in [3.63, 3.8) is 0 Å². The topological polar surface area (TPSA) is 82.8 Å². The van der Waals surface area contributed by atoms with Crippen molar-refractivity contribution in [3.8, 4) is 0 Å². The van der Waals surface area contributed by atoms with Crippen LogP contribution < -0.4 is 4.90 Å². The predicted molar refractivity (Wildman–Crippen MR) is 138 cm³/mol. The molecule has 2 amide bonds. The van der Waals surface area contributed by atoms with Crippen molar-refractivity contribution in [2.24, 2.45) is 0 Å². The van der Waals surface area contributed by atoms with E-state index in [9.17, 15) is 9.59 Å². The van der Waals surface area contributed by atoms with Gasteiger partial charge in [0.25, 0.3) is 5.91 Å². The van der Waals surface area contributed by atoms with Crippen molar-refractivity contribution in [3.05, 3.63) is 77.4 Å². The van der Waals surface area contributed by atoms with Crippen LogP contribution in [-0.4, -0.2) is 57.9 Å². The summed E-state index contributed by atoms with van der Waals surface area (Å²) in [4.78, 5) is 36.7. The molecule has 3 aromatic rings. The smallest absolute Gasteiger partial charge is 0.276 e. The van der Waals surface area contributed by atoms with Gasteiger partial charge in [0, 0.05) is 70.6 Å². The summed E-state index contributed by atoms with van der Waals surface area (Å²) >= 11 is 0. The first-order valence-electron chi connectivity index (χ1n) is 12.8. The summed E-state index contributed by atoms with van der Waals surface area (Å²) in [7, 11) is 0. The number of rotatable bonds is 5. The Hall–Kier alpha value is -3.52. The van der Waals surface area contributed by atoms with Gasteiger partial charge in [0.1, 0.15) is 5.76 Å². The van der Waals surface area contributed by atoms with Crippen LogP contribution in [0.1, 0.15) is 60.6 Å². The van der Waals surface area contributed by atoms with E-state index in [2.05, 4.69) is 22.0 Å². The minimum atomic E-state index is -0.154. The van der Waals surface area contributed by atoms with Crippen LogP contribution in [0.5, 0.6) is 0 Å². The first kappa shape index (κ1) is 25.6. The van der Waals surface area contributed by atoms with E-state index in [4.69, 9.17) is 4.52 Å². The fourth-order valence-corrected chi connectivity index (χ4v) is 4.68. The van der Waals surface area contributed by atoms with Gasteiger partial charge >= 0.3 is 0 Å². The Labute approximate surface area is 212 Å². The average Bonchev–Trinajstić information content (AvgIpc) is 3.34. The van der Waals surface area contributed by atoms with Crippen LogP contribution >= 0.6 is 0 Å². The standard InChI is InChI=1S/C28H35N5O3/c1-3-10-25-19-26(30-36-25)28(35)32-17-8-15-31(21-24-12-6-7-14-29-24)16-9-18-33(22(2)34)27-13-5-4-11-23(27)20-32/h4-7,11-14,19H,3,8-10,15-18,20-21H2,1-2H3. The maximum Gasteiger partial charge on any atom is 0.276 e. The second kappa shape index (κ2) is 12.4. The highest BCUT2D eigenvalue weighted by atomic mass is 16.5. The fraction of sp³-hybridized carbons (Fsp3) is 0.429. The number of carbonyl (C=O) groups excluding carboxylic acids is 2. The average molecular weight is 490 g/mol. The normalized spacial score (nSPS) is 15.6. The summed E-state index contributed by atoms with van der Waals surface area (Å²) < 4.78 is 5.39. The lowest BCUT2D eigenvalue weighted by Crippen LogP contribution is -2.38. The molecule has 190 valence electrons. The highest BCUT2D eigenvalue weighted by Crippen LogP contribution is 2.24. The maximum atomic E-state index is 13.5. The maximum absolute atomic E-state index is 13.5. The van der Waals surface area contributed by atoms with Crippen LogP contribution in [0.25, 0.3) is 0 Å². The quantitative estimate of drug-likeness (QED) is 0.531. The molecule has 0 radical (unpaired) electrons. The first-order chi connectivity index (χ1) is 17.5. The molecule has 0 saturated heterocycles. The third-order valence-electron chi connectivity index (χ3n) is 6.46. The monoisotopic (exact) mass is 489 g/mol. The molecule has 1 aliphatic heterocycles. The Morgan fingerprint density at radius 1 is 1.00 bits per heavy atom. The van der Waals surface area contributed by atoms with Gasteiger partial charge in [0.15, 0.2) is 5.69 Å². The molecule has 3 heterocycles. The number of amides is 2. The molecule has 0 fully saturated rings. The van der Waals surface area contributed by atoms with Crippen molar-refractivity contribution in [2.75, 3.05) is 31.1 Å². The van der Waals surface area contributed by atoms with Crippen LogP contribution in [0.2, 0.25) is 0 Å². The number of aromatic nitrogens is 2. The van der Waals surface area contributed by atoms with Gasteiger partial charge < -0.3 is 14.3 Å². The zero-order valence-corrected chi connectivity index (χ0v) is 21.2. The molecule has 1 aliphatic rings. The zero-order valence-electron chi connectivity index (χ0n) is 21.2. The van der Waals surface area contributed by atoms with E-state index < -0.39 is 0 Å². The number of nitrogens with zero attached hydrogens (tertiary/aromatic N) is 5. The number of fused-ring (bicyclic) bond motifs is 1. The van der Waals surface area contributed by atoms with Crippen LogP contribution in [0.15, 0.2) is 59.3 Å². The number of anilines is 1. The molecule has 0 spiro atoms. The van der Waals surface area contributed by atoms with Crippen molar-refractivity contribution in [1.29, 1.82) is 0 Å². The molecular weight excluding hydrogens is 454 g/mol. The van der Waals surface area contributed by atoms with Crippen LogP contribution in [0, 0.1) is 0 Å². The van der Waals surface area contributed by atoms with E-state index in [0.717, 1.165) is 68.0 Å². The molecule has 4 rings (SSSR count). The van der Waals surface area contributed by atoms with Gasteiger partial charge in [-0.05, 0) is 43.0 Å². The lowest BCUT2D eigenvalue weighted by Gasteiger charge is -2.31. The number of benzene rings is 1. The Bertz CT molecular complexity index is 1150. The summed E-state index contributed by atoms with van der Waals surface area (Å²) in [5, 5.41) is 4.06. The fourth-order valence-electron chi connectivity index (χ4n) is 4.68. The molecule has 0 unspecified atom stereocenters. The molecule has 0 aliphatic carbocycles. The van der Waals surface area contributed by atoms with Crippen molar-refractivity contribution in [2.45, 2.75) is 52.6 Å². The second-order valence-electron chi connectivity index (χ2n) is 9.26. The second-order valence-corrected chi connectivity index (χ2v) is 9.26. The van der Waals surface area contributed by atoms with E-state index in [0.29, 0.717) is 25.3 Å². The van der Waals surface area contributed by atoms with E-state index in [1.807, 2.05) is 58.5 Å². The van der Waals surface area contributed by atoms with Gasteiger partial charge in [0.2, 0.25) is 5.91 Å². The zero-order chi connectivity index (χ0) is 25.3. The molecule has 1 aromatic carbocycles. The molecular formula is C28H35N5O3. The van der Waals surface area contributed by atoms with Gasteiger partial charge in [0.05, 0.1) is 5.69 Å². The molecule has 0 atom stereocenters. The molecule has 36 heavy (non-hydrogen) atoms. The highest BCUT2D eigenvalue weighted by molar-refractivity contribution is 5.93. The van der Waals surface area contributed by atoms with Gasteiger partial charge in [-0.25, -0.2) is 0 Å². The van der Waals surface area contributed by atoms with Gasteiger partial charge in [-0.1, -0.05) is 36.3 Å². The minimum Gasteiger partial charge on any atom is -0.361 e. The van der Waals surface area contributed by atoms with Crippen LogP contribution in [-0.2, 0) is 24.3 Å². The summed E-state index contributed by atoms with van der Waals surface area (Å²) in [6.45, 7) is 7.63. The Morgan fingerprint density at radius 3 is 2.53 bits per heavy atom. The predicted octanol–water partition coefficient (Wildman–Crippen LogP) is 4.31. The first-order valence-corrected chi connectivity index (χ1v) is 12.8. The number of hydrogen-bond donors (Lipinski definition) is 0. The number of hydrogen-bond acceptors (Lipinski definition) is 6. The Balaban J connectivity index is 1.61. The third-order valence-corrected chi connectivity index (χ3v) is 6.46. The summed E-state index contributed by atoms with van der Waals surface area (Å²) in [6.07, 6.45) is 5.15. The van der Waals surface area contributed by atoms with E-state index in [1.165, 1.54) is 0 Å². The number of para-hydroxylation sites is 1. The van der Waals surface area contributed by atoms with E-state index >= 15 is 0 Å². The molecule has 0 N–H and O–H groups in total. The van der Waals surface area contributed by atoms with E-state index in [1.54, 1.807) is 13.0 Å². The van der Waals surface area contributed by atoms with Gasteiger partial charge in [-0.15, -0.1) is 0 Å². The summed E-state index contributed by atoms with van der Waals surface area (Å²) in [5.74, 6) is 0.563. The number of aryl methyl sites for hydroxylation is 1. The van der Waals surface area contributed by atoms with E-state index in [-0.39, 0.29) is 11.8 Å². The molecule has 0 bridgehead atoms. The largest absolute Gasteiger partial charge is 0.361 e. The van der Waals surface area contributed by atoms with Crippen molar-refractivity contribution < 1.29 is 14.1 Å². The lowest BCUT2D eigenvalue weighted by atomic mass is 10.1. The molecule has 8 nitrogen and oxygen atoms in total. The van der Waals surface area contributed by atoms with Gasteiger partial charge in [-0.3, -0.25) is 19.5 Å². The number of carbonyl (C=O) groups is 2. The van der Waals surface area contributed by atoms with Crippen molar-refractivity contribution in [1.82, 2.24) is 19.9 Å². The SMILES string of the molecule is CCCc1cc(C(=O)N2CCCN(Cc3ccccn3)CCCN(C(C)=O)c3ccccc3C2)no1. The van der Waals surface area contributed by atoms with Crippen LogP contribution in [0.4, 0.5) is 5.69 Å². The lowest BCUT2D eigenvalue weighted by molar-refractivity contribution is -0.116. The highest BCUT2D eigenvalue weighted by Gasteiger charge is 2.24. The van der Waals surface area contributed by atoms with Crippen LogP contribution in [0.3, 0.4) is 0 Å². The third kappa shape index (κ3) is 6.57. The van der Waals surface area contributed by atoms with Gasteiger partial charge in [-0.2, -0.15) is 0 Å². The van der Waals surface area contributed by atoms with Crippen molar-refractivity contribution >= 4 is 17.5 Å². The molecule has 0 saturated carbocycles. The Morgan fingerprint density at radius 2 is 1.78 bits per heavy atom. The molecule has 8 heteroatoms. The summed E-state index contributed by atoms with van der Waals surface area (Å²) in [5.41, 5.74) is 3.14. The Kier molecular flexibility index (Phi) is 8.84. The number of pyridine rings is 1. The molecule has 2 aromatic heterocycles. The summed E-state index contributed by atoms with van der Waals surface area (Å²) in [6, 6.07) is 15.6.